The zero-order valence-electron chi connectivity index (χ0n) is 23.5. The van der Waals surface area contributed by atoms with Crippen LogP contribution in [-0.4, -0.2) is 34.6 Å². The maximum Gasteiger partial charge on any atom is 0.338 e. The molecule has 0 saturated heterocycles. The summed E-state index contributed by atoms with van der Waals surface area (Å²) in [6.45, 7) is 9.48. The number of unbranched alkanes of at least 4 members (excludes halogenated alkanes) is 2. The summed E-state index contributed by atoms with van der Waals surface area (Å²) in [5.41, 5.74) is 1.60. The van der Waals surface area contributed by atoms with Crippen LogP contribution in [0.3, 0.4) is 0 Å². The number of fused-ring (bicyclic) bond motifs is 1. The topological polar surface area (TPSA) is 151 Å². The fraction of sp³-hybridized carbons (Fsp3) is 0.467. The van der Waals surface area contributed by atoms with Gasteiger partial charge >= 0.3 is 23.9 Å². The average Bonchev–Trinajstić information content (AvgIpc) is 3.23. The molecule has 0 saturated carbocycles. The summed E-state index contributed by atoms with van der Waals surface area (Å²) in [6, 6.07) is 14.0. The number of carbonyl (C=O) groups excluding carboxylic acids is 3. The standard InChI is InChI=1S/C22H32O6.C8H6O2.H3N/c1-6-7-8-9-15(2)20(25)27-17-12-10-16(11-13-17)14-18(19(23)24)21(26)28-22(3,4)5;9-8-7-4-2-1-3-6(7)5-10-8;/h10-13,15,18H,6-9,14H2,1-5H3,(H,23,24);1-4H,5H2;1H3. The minimum absolute atomic E-state index is 0. The van der Waals surface area contributed by atoms with Gasteiger partial charge in [0.25, 0.3) is 0 Å². The van der Waals surface area contributed by atoms with Gasteiger partial charge in [0.05, 0.1) is 11.5 Å². The summed E-state index contributed by atoms with van der Waals surface area (Å²) in [7, 11) is 0. The number of ether oxygens (including phenoxy) is 3. The molecule has 0 aromatic heterocycles. The summed E-state index contributed by atoms with van der Waals surface area (Å²) in [4.78, 5) is 46.5. The molecule has 0 bridgehead atoms. The highest BCUT2D eigenvalue weighted by atomic mass is 16.6. The molecular weight excluding hydrogens is 502 g/mol. The van der Waals surface area contributed by atoms with Crippen molar-refractivity contribution in [2.75, 3.05) is 0 Å². The van der Waals surface area contributed by atoms with Gasteiger partial charge in [-0.1, -0.05) is 63.4 Å². The second-order valence-electron chi connectivity index (χ2n) is 10.3. The van der Waals surface area contributed by atoms with Gasteiger partial charge in [-0.25, -0.2) is 4.79 Å². The van der Waals surface area contributed by atoms with Crippen molar-refractivity contribution in [1.82, 2.24) is 6.15 Å². The molecule has 9 nitrogen and oxygen atoms in total. The van der Waals surface area contributed by atoms with Crippen LogP contribution in [0.1, 0.15) is 81.8 Å². The van der Waals surface area contributed by atoms with Gasteiger partial charge < -0.3 is 25.5 Å². The molecule has 4 N–H and O–H groups in total. The van der Waals surface area contributed by atoms with Gasteiger partial charge in [-0.3, -0.25) is 14.4 Å². The van der Waals surface area contributed by atoms with Crippen LogP contribution in [0, 0.1) is 11.8 Å². The first kappa shape index (κ1) is 33.3. The Morgan fingerprint density at radius 2 is 1.64 bits per heavy atom. The van der Waals surface area contributed by atoms with Gasteiger partial charge in [0.1, 0.15) is 18.0 Å². The van der Waals surface area contributed by atoms with Crippen molar-refractivity contribution in [3.8, 4) is 5.75 Å². The second-order valence-corrected chi connectivity index (χ2v) is 10.3. The average molecular weight is 544 g/mol. The van der Waals surface area contributed by atoms with E-state index in [0.717, 1.165) is 31.2 Å². The Hall–Kier alpha value is -3.72. The predicted octanol–water partition coefficient (Wildman–Crippen LogP) is 5.91. The van der Waals surface area contributed by atoms with Crippen molar-refractivity contribution >= 4 is 23.9 Å². The van der Waals surface area contributed by atoms with E-state index in [-0.39, 0.29) is 30.4 Å². The van der Waals surface area contributed by atoms with Gasteiger partial charge in [-0.2, -0.15) is 0 Å². The fourth-order valence-corrected chi connectivity index (χ4v) is 3.68. The van der Waals surface area contributed by atoms with E-state index >= 15 is 0 Å². The highest BCUT2D eigenvalue weighted by Gasteiger charge is 2.31. The van der Waals surface area contributed by atoms with Gasteiger partial charge in [0, 0.05) is 5.56 Å². The van der Waals surface area contributed by atoms with Crippen LogP contribution < -0.4 is 10.9 Å². The van der Waals surface area contributed by atoms with Crippen LogP contribution in [0.5, 0.6) is 5.75 Å². The van der Waals surface area contributed by atoms with E-state index < -0.39 is 23.5 Å². The molecule has 0 aliphatic carbocycles. The third-order valence-electron chi connectivity index (χ3n) is 5.81. The number of esters is 3. The molecule has 0 spiro atoms. The Bertz CT molecular complexity index is 1100. The van der Waals surface area contributed by atoms with Crippen LogP contribution in [0.4, 0.5) is 0 Å². The molecular formula is C30H41NO8. The normalized spacial score (nSPS) is 13.4. The molecule has 1 aliphatic heterocycles. The largest absolute Gasteiger partial charge is 0.481 e. The lowest BCUT2D eigenvalue weighted by molar-refractivity contribution is -0.166. The lowest BCUT2D eigenvalue weighted by atomic mass is 9.99. The van der Waals surface area contributed by atoms with E-state index in [1.165, 1.54) is 0 Å². The molecule has 2 aromatic carbocycles. The maximum atomic E-state index is 12.1. The van der Waals surface area contributed by atoms with Crippen LogP contribution in [0.25, 0.3) is 0 Å². The van der Waals surface area contributed by atoms with Crippen molar-refractivity contribution in [3.63, 3.8) is 0 Å². The molecule has 2 atom stereocenters. The third-order valence-corrected chi connectivity index (χ3v) is 5.81. The van der Waals surface area contributed by atoms with E-state index in [2.05, 4.69) is 6.92 Å². The molecule has 0 radical (unpaired) electrons. The summed E-state index contributed by atoms with van der Waals surface area (Å²) in [5.74, 6) is -3.53. The predicted molar refractivity (Wildman–Crippen MR) is 147 cm³/mol. The Morgan fingerprint density at radius 3 is 2.21 bits per heavy atom. The first-order valence-corrected chi connectivity index (χ1v) is 12.9. The SMILES string of the molecule is CCCCCC(C)C(=O)Oc1ccc(CC(C(=O)O)C(=O)OC(C)(C)C)cc1.N.O=C1OCc2ccccc21. The monoisotopic (exact) mass is 543 g/mol. The highest BCUT2D eigenvalue weighted by molar-refractivity contribution is 5.94. The zero-order valence-corrected chi connectivity index (χ0v) is 23.5. The lowest BCUT2D eigenvalue weighted by Gasteiger charge is -2.22. The van der Waals surface area contributed by atoms with Gasteiger partial charge in [-0.05, 0) is 57.4 Å². The molecule has 39 heavy (non-hydrogen) atoms. The second kappa shape index (κ2) is 15.6. The molecule has 2 unspecified atom stereocenters. The number of cyclic esters (lactones) is 1. The van der Waals surface area contributed by atoms with Gasteiger partial charge in [0.2, 0.25) is 0 Å². The maximum absolute atomic E-state index is 12.1. The third kappa shape index (κ3) is 11.3. The number of rotatable bonds is 10. The number of benzene rings is 2. The summed E-state index contributed by atoms with van der Waals surface area (Å²) in [6.07, 6.45) is 3.98. The van der Waals surface area contributed by atoms with Crippen LogP contribution in [-0.2, 0) is 36.9 Å². The Labute approximate surface area is 230 Å². The molecule has 1 heterocycles. The van der Waals surface area contributed by atoms with Crippen molar-refractivity contribution in [3.05, 3.63) is 65.2 Å². The molecule has 9 heteroatoms. The van der Waals surface area contributed by atoms with E-state index in [4.69, 9.17) is 14.2 Å². The van der Waals surface area contributed by atoms with Crippen molar-refractivity contribution in [2.45, 2.75) is 78.9 Å². The van der Waals surface area contributed by atoms with Crippen LogP contribution >= 0.6 is 0 Å². The molecule has 0 amide bonds. The molecule has 0 fully saturated rings. The zero-order chi connectivity index (χ0) is 28.3. The van der Waals surface area contributed by atoms with Crippen LogP contribution in [0.15, 0.2) is 48.5 Å². The van der Waals surface area contributed by atoms with Gasteiger partial charge in [-0.15, -0.1) is 0 Å². The lowest BCUT2D eigenvalue weighted by Crippen LogP contribution is -2.33. The van der Waals surface area contributed by atoms with E-state index in [1.807, 2.05) is 25.1 Å². The Morgan fingerprint density at radius 1 is 1.00 bits per heavy atom. The minimum Gasteiger partial charge on any atom is -0.481 e. The fourth-order valence-electron chi connectivity index (χ4n) is 3.68. The molecule has 3 rings (SSSR count). The molecule has 214 valence electrons. The smallest absolute Gasteiger partial charge is 0.338 e. The number of carboxylic acid groups (broad SMARTS) is 1. The Balaban J connectivity index is 0.000000570. The first-order valence-electron chi connectivity index (χ1n) is 12.9. The summed E-state index contributed by atoms with van der Waals surface area (Å²) in [5, 5.41) is 9.35. The summed E-state index contributed by atoms with van der Waals surface area (Å²) < 4.78 is 15.4. The van der Waals surface area contributed by atoms with E-state index in [1.54, 1.807) is 51.1 Å². The number of hydrogen-bond donors (Lipinski definition) is 2. The number of carboxylic acids is 1. The molecule has 1 aliphatic rings. The first-order chi connectivity index (χ1) is 17.9. The van der Waals surface area contributed by atoms with Gasteiger partial charge in [0.15, 0.2) is 5.92 Å². The van der Waals surface area contributed by atoms with Crippen molar-refractivity contribution < 1.29 is 38.5 Å². The van der Waals surface area contributed by atoms with Crippen LogP contribution in [0.2, 0.25) is 0 Å². The summed E-state index contributed by atoms with van der Waals surface area (Å²) >= 11 is 0. The van der Waals surface area contributed by atoms with Crippen molar-refractivity contribution in [2.24, 2.45) is 11.8 Å². The quantitative estimate of drug-likeness (QED) is 0.161. The highest BCUT2D eigenvalue weighted by Crippen LogP contribution is 2.21. The van der Waals surface area contributed by atoms with Crippen molar-refractivity contribution in [1.29, 1.82) is 0 Å². The number of carbonyl (C=O) groups is 4. The number of aliphatic carboxylic acids is 1. The van der Waals surface area contributed by atoms with E-state index in [9.17, 15) is 24.3 Å². The molecule has 2 aromatic rings. The Kier molecular flexibility index (Phi) is 13.4. The minimum atomic E-state index is -1.29. The van der Waals surface area contributed by atoms with E-state index in [0.29, 0.717) is 23.5 Å². The number of hydrogen-bond acceptors (Lipinski definition) is 8.